The number of aryl methyl sites for hydroxylation is 1. The first-order valence-corrected chi connectivity index (χ1v) is 8.39. The van der Waals surface area contributed by atoms with E-state index in [1.54, 1.807) is 29.4 Å². The summed E-state index contributed by atoms with van der Waals surface area (Å²) >= 11 is 5.90. The maximum absolute atomic E-state index is 12.5. The topological polar surface area (TPSA) is 67.2 Å². The number of nitrogens with zero attached hydrogens (tertiary/aromatic N) is 3. The van der Waals surface area contributed by atoms with Crippen LogP contribution < -0.4 is 5.32 Å². The number of fused-ring (bicyclic) bond motifs is 1. The molecule has 1 atom stereocenters. The van der Waals surface area contributed by atoms with Crippen LogP contribution in [0.3, 0.4) is 0 Å². The fourth-order valence-electron chi connectivity index (χ4n) is 3.39. The number of nitrogens with one attached hydrogen (secondary N) is 1. The summed E-state index contributed by atoms with van der Waals surface area (Å²) in [6.07, 6.45) is 5.56. The smallest absolute Gasteiger partial charge is 0.321 e. The third kappa shape index (κ3) is 2.78. The third-order valence-corrected chi connectivity index (χ3v) is 4.87. The molecule has 2 amide bonds. The average Bonchev–Trinajstić information content (AvgIpc) is 3.27. The number of carbonyl (C=O) groups is 2. The summed E-state index contributed by atoms with van der Waals surface area (Å²) in [7, 11) is 0. The Morgan fingerprint density at radius 2 is 2.21 bits per heavy atom. The van der Waals surface area contributed by atoms with Gasteiger partial charge in [0.15, 0.2) is 5.78 Å². The van der Waals surface area contributed by atoms with E-state index < -0.39 is 0 Å². The first kappa shape index (κ1) is 15.2. The van der Waals surface area contributed by atoms with Crippen molar-refractivity contribution in [2.24, 2.45) is 0 Å². The summed E-state index contributed by atoms with van der Waals surface area (Å²) in [4.78, 5) is 25.9. The average molecular weight is 345 g/mol. The molecule has 0 bridgehead atoms. The number of Topliss-reactive ketones (excluding diaryl/α,β-unsaturated/α-hetero) is 1. The van der Waals surface area contributed by atoms with Gasteiger partial charge in [0.25, 0.3) is 0 Å². The SMILES string of the molecule is O=C1CCc2cc(NC(=O)N3CCC(n4cc(Cl)cn4)C3)ccc21. The molecule has 0 spiro atoms. The van der Waals surface area contributed by atoms with E-state index >= 15 is 0 Å². The summed E-state index contributed by atoms with van der Waals surface area (Å²) in [5.41, 5.74) is 2.53. The molecule has 24 heavy (non-hydrogen) atoms. The van der Waals surface area contributed by atoms with Gasteiger partial charge in [-0.15, -0.1) is 0 Å². The molecular formula is C17H17ClN4O2. The molecule has 0 radical (unpaired) electrons. The van der Waals surface area contributed by atoms with E-state index in [-0.39, 0.29) is 17.9 Å². The molecule has 0 saturated carbocycles. The number of hydrogen-bond donors (Lipinski definition) is 1. The second kappa shape index (κ2) is 5.94. The van der Waals surface area contributed by atoms with Crippen LogP contribution in [0.15, 0.2) is 30.6 Å². The first-order valence-electron chi connectivity index (χ1n) is 8.02. The number of anilines is 1. The monoisotopic (exact) mass is 344 g/mol. The molecule has 6 nitrogen and oxygen atoms in total. The normalized spacial score (nSPS) is 19.6. The molecular weight excluding hydrogens is 328 g/mol. The van der Waals surface area contributed by atoms with Crippen LogP contribution in [0.2, 0.25) is 5.02 Å². The van der Waals surface area contributed by atoms with Crippen LogP contribution in [0.5, 0.6) is 0 Å². The Bertz CT molecular complexity index is 817. The molecule has 1 aromatic carbocycles. The fraction of sp³-hybridized carbons (Fsp3) is 0.353. The lowest BCUT2D eigenvalue weighted by molar-refractivity contribution is 0.0994. The van der Waals surface area contributed by atoms with Crippen LogP contribution in [-0.2, 0) is 6.42 Å². The Kier molecular flexibility index (Phi) is 3.76. The van der Waals surface area contributed by atoms with Crippen LogP contribution in [0.4, 0.5) is 10.5 Å². The predicted octanol–water partition coefficient (Wildman–Crippen LogP) is 3.14. The molecule has 1 N–H and O–H groups in total. The zero-order valence-electron chi connectivity index (χ0n) is 13.0. The van der Waals surface area contributed by atoms with Gasteiger partial charge in [-0.2, -0.15) is 5.10 Å². The van der Waals surface area contributed by atoms with Gasteiger partial charge >= 0.3 is 6.03 Å². The molecule has 2 aromatic rings. The number of ketones is 1. The maximum Gasteiger partial charge on any atom is 0.321 e. The van der Waals surface area contributed by atoms with Gasteiger partial charge in [0.05, 0.1) is 17.3 Å². The number of urea groups is 1. The number of rotatable bonds is 2. The minimum Gasteiger partial charge on any atom is -0.322 e. The summed E-state index contributed by atoms with van der Waals surface area (Å²) in [6.45, 7) is 1.28. The van der Waals surface area contributed by atoms with Crippen molar-refractivity contribution >= 4 is 29.1 Å². The molecule has 1 aromatic heterocycles. The van der Waals surface area contributed by atoms with Gasteiger partial charge < -0.3 is 10.2 Å². The standard InChI is InChI=1S/C17H17ClN4O2/c18-12-8-19-22(9-12)14-5-6-21(10-14)17(24)20-13-2-3-15-11(7-13)1-4-16(15)23/h2-3,7-9,14H,1,4-6,10H2,(H,20,24). The largest absolute Gasteiger partial charge is 0.322 e. The van der Waals surface area contributed by atoms with Crippen molar-refractivity contribution in [3.05, 3.63) is 46.7 Å². The minimum absolute atomic E-state index is 0.125. The summed E-state index contributed by atoms with van der Waals surface area (Å²) in [5.74, 6) is 0.183. The molecule has 1 saturated heterocycles. The zero-order valence-corrected chi connectivity index (χ0v) is 13.8. The van der Waals surface area contributed by atoms with Crippen molar-refractivity contribution in [2.45, 2.75) is 25.3 Å². The molecule has 1 aliphatic heterocycles. The van der Waals surface area contributed by atoms with Crippen molar-refractivity contribution in [1.82, 2.24) is 14.7 Å². The van der Waals surface area contributed by atoms with Crippen molar-refractivity contribution in [1.29, 1.82) is 0 Å². The number of aromatic nitrogens is 2. The molecule has 1 fully saturated rings. The van der Waals surface area contributed by atoms with E-state index in [1.165, 1.54) is 0 Å². The van der Waals surface area contributed by atoms with Gasteiger partial charge in [0.1, 0.15) is 0 Å². The highest BCUT2D eigenvalue weighted by atomic mass is 35.5. The van der Waals surface area contributed by atoms with Gasteiger partial charge in [-0.3, -0.25) is 9.48 Å². The minimum atomic E-state index is -0.125. The first-order chi connectivity index (χ1) is 11.6. The molecule has 2 aliphatic rings. The van der Waals surface area contributed by atoms with Crippen molar-refractivity contribution in [2.75, 3.05) is 18.4 Å². The molecule has 1 aliphatic carbocycles. The van der Waals surface area contributed by atoms with Crippen LogP contribution in [0.1, 0.15) is 34.8 Å². The number of amides is 2. The molecule has 2 heterocycles. The van der Waals surface area contributed by atoms with E-state index in [9.17, 15) is 9.59 Å². The molecule has 4 rings (SSSR count). The lowest BCUT2D eigenvalue weighted by Gasteiger charge is -2.18. The Hall–Kier alpha value is -2.34. The second-order valence-corrected chi connectivity index (χ2v) is 6.69. The number of halogens is 1. The highest BCUT2D eigenvalue weighted by Crippen LogP contribution is 2.26. The third-order valence-electron chi connectivity index (χ3n) is 4.67. The Balaban J connectivity index is 1.41. The molecule has 1 unspecified atom stereocenters. The predicted molar refractivity (Wildman–Crippen MR) is 90.6 cm³/mol. The quantitative estimate of drug-likeness (QED) is 0.910. The molecule has 7 heteroatoms. The summed E-state index contributed by atoms with van der Waals surface area (Å²) < 4.78 is 1.82. The van der Waals surface area contributed by atoms with Gasteiger partial charge in [-0.25, -0.2) is 4.79 Å². The van der Waals surface area contributed by atoms with Crippen molar-refractivity contribution in [3.8, 4) is 0 Å². The van der Waals surface area contributed by atoms with Crippen LogP contribution in [-0.4, -0.2) is 39.6 Å². The van der Waals surface area contributed by atoms with E-state index in [0.717, 1.165) is 29.7 Å². The number of likely N-dealkylation sites (tertiary alicyclic amines) is 1. The summed E-state index contributed by atoms with van der Waals surface area (Å²) in [5, 5.41) is 7.74. The number of benzene rings is 1. The lowest BCUT2D eigenvalue weighted by atomic mass is 10.1. The van der Waals surface area contributed by atoms with Gasteiger partial charge in [0, 0.05) is 37.0 Å². The van der Waals surface area contributed by atoms with Crippen molar-refractivity contribution < 1.29 is 9.59 Å². The van der Waals surface area contributed by atoms with Gasteiger partial charge in [0.2, 0.25) is 0 Å². The number of hydrogen-bond acceptors (Lipinski definition) is 3. The Labute approximate surface area is 144 Å². The number of carbonyl (C=O) groups excluding carboxylic acids is 2. The van der Waals surface area contributed by atoms with E-state index in [4.69, 9.17) is 11.6 Å². The molecule has 124 valence electrons. The van der Waals surface area contributed by atoms with Gasteiger partial charge in [-0.05, 0) is 36.6 Å². The fourth-order valence-corrected chi connectivity index (χ4v) is 3.54. The van der Waals surface area contributed by atoms with Crippen LogP contribution >= 0.6 is 11.6 Å². The van der Waals surface area contributed by atoms with E-state index in [1.807, 2.05) is 10.7 Å². The van der Waals surface area contributed by atoms with E-state index in [2.05, 4.69) is 10.4 Å². The second-order valence-electron chi connectivity index (χ2n) is 6.25. The highest BCUT2D eigenvalue weighted by molar-refractivity contribution is 6.30. The highest BCUT2D eigenvalue weighted by Gasteiger charge is 2.28. The van der Waals surface area contributed by atoms with Crippen molar-refractivity contribution in [3.63, 3.8) is 0 Å². The van der Waals surface area contributed by atoms with Crippen LogP contribution in [0, 0.1) is 0 Å². The van der Waals surface area contributed by atoms with Gasteiger partial charge in [-0.1, -0.05) is 11.6 Å². The van der Waals surface area contributed by atoms with E-state index in [0.29, 0.717) is 24.5 Å². The zero-order chi connectivity index (χ0) is 16.7. The summed E-state index contributed by atoms with van der Waals surface area (Å²) in [6, 6.07) is 5.53. The Morgan fingerprint density at radius 3 is 3.00 bits per heavy atom. The van der Waals surface area contributed by atoms with Crippen LogP contribution in [0.25, 0.3) is 0 Å². The maximum atomic E-state index is 12.5. The lowest BCUT2D eigenvalue weighted by Crippen LogP contribution is -2.33. The Morgan fingerprint density at radius 1 is 1.33 bits per heavy atom.